The summed E-state index contributed by atoms with van der Waals surface area (Å²) in [6, 6.07) is 5.41. The number of allylic oxidation sites excluding steroid dienone is 1. The summed E-state index contributed by atoms with van der Waals surface area (Å²) in [6.07, 6.45) is 8.21. The summed E-state index contributed by atoms with van der Waals surface area (Å²) >= 11 is 14.6. The van der Waals surface area contributed by atoms with Gasteiger partial charge < -0.3 is 9.47 Å². The lowest BCUT2D eigenvalue weighted by Gasteiger charge is -2.56. The number of hydrogen-bond acceptors (Lipinski definition) is 5. The number of ether oxygens (including phenoxy) is 2. The van der Waals surface area contributed by atoms with Crippen LogP contribution in [-0.2, 0) is 21.8 Å². The third-order valence-corrected chi connectivity index (χ3v) is 8.89. The Labute approximate surface area is 197 Å². The molecule has 5 nitrogen and oxygen atoms in total. The van der Waals surface area contributed by atoms with Crippen molar-refractivity contribution >= 4 is 35.0 Å². The molecule has 0 radical (unpaired) electrons. The fourth-order valence-corrected chi connectivity index (χ4v) is 6.88. The minimum absolute atomic E-state index is 0.0217. The summed E-state index contributed by atoms with van der Waals surface area (Å²) < 4.78 is 14.5. The minimum atomic E-state index is -1.01. The fourth-order valence-electron chi connectivity index (χ4n) is 5.23. The van der Waals surface area contributed by atoms with Crippen LogP contribution in [0.15, 0.2) is 42.5 Å². The van der Waals surface area contributed by atoms with Crippen molar-refractivity contribution in [1.29, 1.82) is 0 Å². The Bertz CT molecular complexity index is 981. The van der Waals surface area contributed by atoms with Crippen LogP contribution in [0.3, 0.4) is 0 Å². The predicted molar refractivity (Wildman–Crippen MR) is 124 cm³/mol. The van der Waals surface area contributed by atoms with E-state index in [1.807, 2.05) is 23.9 Å². The van der Waals surface area contributed by atoms with Crippen LogP contribution in [0.25, 0.3) is 0 Å². The van der Waals surface area contributed by atoms with Gasteiger partial charge in [-0.15, -0.1) is 0 Å². The molecular formula is C23H27Cl2N3O2S. The Hall–Kier alpha value is -1.05. The number of nitrogens with zero attached hydrogens (tertiary/aromatic N) is 3. The van der Waals surface area contributed by atoms with Crippen molar-refractivity contribution in [1.82, 2.24) is 14.8 Å². The second kappa shape index (κ2) is 8.38. The van der Waals surface area contributed by atoms with Gasteiger partial charge in [0.2, 0.25) is 5.79 Å². The monoisotopic (exact) mass is 479 g/mol. The van der Waals surface area contributed by atoms with Crippen LogP contribution < -0.4 is 0 Å². The Morgan fingerprint density at radius 1 is 1.29 bits per heavy atom. The number of rotatable bonds is 7. The smallest absolute Gasteiger partial charge is 0.217 e. The highest BCUT2D eigenvalue weighted by molar-refractivity contribution is 7.99. The third kappa shape index (κ3) is 4.06. The number of benzene rings is 1. The van der Waals surface area contributed by atoms with Gasteiger partial charge in [0, 0.05) is 22.1 Å². The van der Waals surface area contributed by atoms with E-state index in [0.717, 1.165) is 28.9 Å². The number of fused-ring (bicyclic) bond motifs is 1. The standard InChI is InChI=1S/C23H27Cl2N3O2S/c1-22(2)16-4-3-15(20(22)7-16)10-31-11-18-9-29-23(30-18,12-28-14-26-13-27-28)19-6-5-17(24)8-21(19)25/h3,5-6,8,13-14,16,18,20H,4,7,9-12H2,1-2H3/t16-,18+,20-,23-/m0/s1. The van der Waals surface area contributed by atoms with Gasteiger partial charge >= 0.3 is 0 Å². The average Bonchev–Trinajstić information content (AvgIpc) is 3.39. The zero-order valence-electron chi connectivity index (χ0n) is 17.8. The summed E-state index contributed by atoms with van der Waals surface area (Å²) in [5, 5.41) is 5.34. The summed E-state index contributed by atoms with van der Waals surface area (Å²) in [5.41, 5.74) is 2.85. The molecule has 2 fully saturated rings. The summed E-state index contributed by atoms with van der Waals surface area (Å²) in [5.74, 6) is 2.56. The maximum atomic E-state index is 6.54. The highest BCUT2D eigenvalue weighted by atomic mass is 35.5. The predicted octanol–water partition coefficient (Wildman–Crippen LogP) is 5.58. The first kappa shape index (κ1) is 21.8. The van der Waals surface area contributed by atoms with Crippen LogP contribution in [0.2, 0.25) is 10.0 Å². The van der Waals surface area contributed by atoms with E-state index in [1.54, 1.807) is 22.6 Å². The number of halogens is 2. The third-order valence-electron chi connectivity index (χ3n) is 7.19. The molecule has 2 aromatic rings. The van der Waals surface area contributed by atoms with Gasteiger partial charge in [0.25, 0.3) is 0 Å². The topological polar surface area (TPSA) is 49.2 Å². The first-order valence-corrected chi connectivity index (χ1v) is 12.6. The van der Waals surface area contributed by atoms with Gasteiger partial charge in [-0.3, -0.25) is 0 Å². The molecule has 0 N–H and O–H groups in total. The minimum Gasteiger partial charge on any atom is -0.342 e. The molecule has 4 aliphatic rings. The molecule has 3 aliphatic carbocycles. The molecule has 0 unspecified atom stereocenters. The summed E-state index contributed by atoms with van der Waals surface area (Å²) in [7, 11) is 0. The van der Waals surface area contributed by atoms with Gasteiger partial charge in [-0.05, 0) is 42.2 Å². The first-order chi connectivity index (χ1) is 14.9. The van der Waals surface area contributed by atoms with Gasteiger partial charge in [-0.1, -0.05) is 54.8 Å². The molecule has 6 rings (SSSR count). The molecule has 31 heavy (non-hydrogen) atoms. The molecule has 2 heterocycles. The molecule has 0 amide bonds. The van der Waals surface area contributed by atoms with E-state index in [-0.39, 0.29) is 6.10 Å². The van der Waals surface area contributed by atoms with Crippen LogP contribution in [0.5, 0.6) is 0 Å². The van der Waals surface area contributed by atoms with Crippen molar-refractivity contribution in [2.75, 3.05) is 18.1 Å². The first-order valence-electron chi connectivity index (χ1n) is 10.7. The van der Waals surface area contributed by atoms with Crippen LogP contribution in [-0.4, -0.2) is 39.0 Å². The Morgan fingerprint density at radius 2 is 2.16 bits per heavy atom. The van der Waals surface area contributed by atoms with Crippen LogP contribution in [0.1, 0.15) is 32.3 Å². The van der Waals surface area contributed by atoms with Gasteiger partial charge in [-0.25, -0.2) is 9.67 Å². The zero-order valence-corrected chi connectivity index (χ0v) is 20.1. The van der Waals surface area contributed by atoms with Crippen LogP contribution >= 0.6 is 35.0 Å². The van der Waals surface area contributed by atoms with E-state index in [1.165, 1.54) is 19.2 Å². The fraction of sp³-hybridized carbons (Fsp3) is 0.565. The largest absolute Gasteiger partial charge is 0.342 e. The molecule has 2 bridgehead atoms. The number of aromatic nitrogens is 3. The quantitative estimate of drug-likeness (QED) is 0.485. The van der Waals surface area contributed by atoms with E-state index in [9.17, 15) is 0 Å². The molecule has 166 valence electrons. The average molecular weight is 480 g/mol. The molecule has 0 spiro atoms. The van der Waals surface area contributed by atoms with Crippen molar-refractivity contribution in [3.8, 4) is 0 Å². The van der Waals surface area contributed by atoms with E-state index >= 15 is 0 Å². The van der Waals surface area contributed by atoms with Gasteiger partial charge in [0.1, 0.15) is 19.2 Å². The number of thioether (sulfide) groups is 1. The summed E-state index contributed by atoms with van der Waals surface area (Å²) in [4.78, 5) is 4.04. The lowest BCUT2D eigenvalue weighted by molar-refractivity contribution is -0.186. The molecular weight excluding hydrogens is 453 g/mol. The van der Waals surface area contributed by atoms with Crippen molar-refractivity contribution in [2.24, 2.45) is 17.3 Å². The van der Waals surface area contributed by atoms with Crippen LogP contribution in [0.4, 0.5) is 0 Å². The maximum absolute atomic E-state index is 6.54. The second-order valence-electron chi connectivity index (χ2n) is 9.36. The normalized spacial score (nSPS) is 31.4. The van der Waals surface area contributed by atoms with E-state index < -0.39 is 5.79 Å². The molecule has 1 saturated carbocycles. The molecule has 1 saturated heterocycles. The van der Waals surface area contributed by atoms with Gasteiger partial charge in [-0.2, -0.15) is 16.9 Å². The van der Waals surface area contributed by atoms with Crippen molar-refractivity contribution in [3.05, 3.63) is 58.1 Å². The SMILES string of the molecule is CC1(C)[C@H]2CC=C(CSC[C@H]3CO[C@](Cn4cncn4)(c4ccc(Cl)cc4Cl)O3)[C@@H]1C2. The van der Waals surface area contributed by atoms with Gasteiger partial charge in [0.15, 0.2) is 0 Å². The number of hydrogen-bond donors (Lipinski definition) is 0. The van der Waals surface area contributed by atoms with Gasteiger partial charge in [0.05, 0.1) is 17.7 Å². The second-order valence-corrected chi connectivity index (χ2v) is 11.2. The van der Waals surface area contributed by atoms with Crippen molar-refractivity contribution in [2.45, 2.75) is 45.1 Å². The Morgan fingerprint density at radius 3 is 2.87 bits per heavy atom. The Balaban J connectivity index is 1.26. The van der Waals surface area contributed by atoms with Crippen molar-refractivity contribution < 1.29 is 9.47 Å². The molecule has 1 aromatic heterocycles. The van der Waals surface area contributed by atoms with E-state index in [2.05, 4.69) is 30.0 Å². The van der Waals surface area contributed by atoms with Crippen molar-refractivity contribution in [3.63, 3.8) is 0 Å². The molecule has 4 atom stereocenters. The highest BCUT2D eigenvalue weighted by Gasteiger charge is 2.51. The van der Waals surface area contributed by atoms with E-state index in [0.29, 0.717) is 28.6 Å². The molecule has 1 aromatic carbocycles. The summed E-state index contributed by atoms with van der Waals surface area (Å²) in [6.45, 7) is 5.73. The van der Waals surface area contributed by atoms with E-state index in [4.69, 9.17) is 32.7 Å². The maximum Gasteiger partial charge on any atom is 0.217 e. The molecule has 8 heteroatoms. The lowest BCUT2D eigenvalue weighted by atomic mass is 9.49. The molecule has 1 aliphatic heterocycles. The van der Waals surface area contributed by atoms with Crippen LogP contribution in [0, 0.1) is 17.3 Å². The zero-order chi connectivity index (χ0) is 21.6. The lowest BCUT2D eigenvalue weighted by Crippen LogP contribution is -2.48. The Kier molecular flexibility index (Phi) is 5.89. The highest BCUT2D eigenvalue weighted by Crippen LogP contribution is 2.59.